The van der Waals surface area contributed by atoms with E-state index in [1.807, 2.05) is 4.90 Å². The molecule has 1 amide bonds. The third-order valence-electron chi connectivity index (χ3n) is 5.41. The van der Waals surface area contributed by atoms with E-state index in [0.29, 0.717) is 19.5 Å². The Morgan fingerprint density at radius 2 is 2.20 bits per heavy atom. The van der Waals surface area contributed by atoms with E-state index >= 15 is 0 Å². The second-order valence-electron chi connectivity index (χ2n) is 6.61. The number of nitrogens with zero attached hydrogens (tertiary/aromatic N) is 1. The molecule has 4 heteroatoms. The summed E-state index contributed by atoms with van der Waals surface area (Å²) in [6.45, 7) is 1.08. The Labute approximate surface area is 119 Å². The second kappa shape index (κ2) is 5.23. The zero-order valence-electron chi connectivity index (χ0n) is 11.9. The molecular formula is C16H23NO3. The van der Waals surface area contributed by atoms with E-state index in [9.17, 15) is 14.7 Å². The first-order valence-corrected chi connectivity index (χ1v) is 7.81. The van der Waals surface area contributed by atoms with E-state index < -0.39 is 11.4 Å². The number of likely N-dealkylation sites (tertiary alicyclic amines) is 1. The number of fused-ring (bicyclic) bond motifs is 1. The first-order valence-electron chi connectivity index (χ1n) is 7.81. The molecule has 2 fully saturated rings. The van der Waals surface area contributed by atoms with Gasteiger partial charge in [-0.3, -0.25) is 9.59 Å². The van der Waals surface area contributed by atoms with E-state index in [4.69, 9.17) is 0 Å². The molecule has 1 heterocycles. The van der Waals surface area contributed by atoms with Gasteiger partial charge in [0.2, 0.25) is 5.91 Å². The number of carbonyl (C=O) groups excluding carboxylic acids is 1. The van der Waals surface area contributed by atoms with Crippen molar-refractivity contribution in [3.05, 3.63) is 11.6 Å². The normalized spacial score (nSPS) is 32.9. The van der Waals surface area contributed by atoms with E-state index in [0.717, 1.165) is 32.1 Å². The number of hydrogen-bond donors (Lipinski definition) is 1. The van der Waals surface area contributed by atoms with Crippen molar-refractivity contribution in [2.24, 2.45) is 11.3 Å². The van der Waals surface area contributed by atoms with Crippen LogP contribution in [-0.4, -0.2) is 35.0 Å². The van der Waals surface area contributed by atoms with Crippen molar-refractivity contribution in [3.8, 4) is 0 Å². The van der Waals surface area contributed by atoms with E-state index in [1.165, 1.54) is 18.4 Å². The smallest absolute Gasteiger partial charge is 0.311 e. The predicted molar refractivity (Wildman–Crippen MR) is 75.2 cm³/mol. The molecular weight excluding hydrogens is 254 g/mol. The highest BCUT2D eigenvalue weighted by Crippen LogP contribution is 2.49. The summed E-state index contributed by atoms with van der Waals surface area (Å²) in [5.41, 5.74) is 0.610. The molecule has 0 aromatic carbocycles. The quantitative estimate of drug-likeness (QED) is 0.807. The Morgan fingerprint density at radius 3 is 2.85 bits per heavy atom. The molecule has 1 N–H and O–H groups in total. The van der Waals surface area contributed by atoms with Crippen LogP contribution in [0, 0.1) is 11.3 Å². The molecule has 0 bridgehead atoms. The van der Waals surface area contributed by atoms with Crippen molar-refractivity contribution in [2.45, 2.75) is 51.4 Å². The van der Waals surface area contributed by atoms with Gasteiger partial charge in [-0.25, -0.2) is 0 Å². The maximum atomic E-state index is 12.4. The summed E-state index contributed by atoms with van der Waals surface area (Å²) in [5, 5.41) is 9.55. The minimum Gasteiger partial charge on any atom is -0.481 e. The molecule has 4 nitrogen and oxygen atoms in total. The summed E-state index contributed by atoms with van der Waals surface area (Å²) in [6, 6.07) is 0. The van der Waals surface area contributed by atoms with E-state index in [-0.39, 0.29) is 11.8 Å². The van der Waals surface area contributed by atoms with Crippen molar-refractivity contribution >= 4 is 11.9 Å². The number of aliphatic carboxylic acids is 1. The van der Waals surface area contributed by atoms with Gasteiger partial charge in [-0.05, 0) is 44.4 Å². The van der Waals surface area contributed by atoms with Gasteiger partial charge >= 0.3 is 5.97 Å². The molecule has 1 saturated carbocycles. The largest absolute Gasteiger partial charge is 0.481 e. The Bertz CT molecular complexity index is 457. The van der Waals surface area contributed by atoms with Crippen LogP contribution in [0.25, 0.3) is 0 Å². The Balaban J connectivity index is 1.66. The molecule has 3 aliphatic rings. The average Bonchev–Trinajstić information content (AvgIpc) is 2.97. The molecule has 20 heavy (non-hydrogen) atoms. The fourth-order valence-electron chi connectivity index (χ4n) is 4.20. The summed E-state index contributed by atoms with van der Waals surface area (Å²) in [4.78, 5) is 25.8. The number of carbonyl (C=O) groups is 2. The maximum absolute atomic E-state index is 12.4. The lowest BCUT2D eigenvalue weighted by Gasteiger charge is -2.23. The number of rotatable bonds is 3. The van der Waals surface area contributed by atoms with Crippen LogP contribution in [0.2, 0.25) is 0 Å². The molecule has 0 aromatic heterocycles. The number of amides is 1. The molecule has 110 valence electrons. The zero-order valence-corrected chi connectivity index (χ0v) is 11.9. The molecule has 0 spiro atoms. The molecule has 0 radical (unpaired) electrons. The van der Waals surface area contributed by atoms with Crippen molar-refractivity contribution in [1.82, 2.24) is 4.90 Å². The molecule has 2 aliphatic carbocycles. The lowest BCUT2D eigenvalue weighted by molar-refractivity contribution is -0.149. The van der Waals surface area contributed by atoms with Gasteiger partial charge in [0.25, 0.3) is 0 Å². The predicted octanol–water partition coefficient (Wildman–Crippen LogP) is 2.59. The number of carboxylic acid groups (broad SMARTS) is 1. The molecule has 0 unspecified atom stereocenters. The SMILES string of the molecule is O=C(CC1=CCCCC1)N1C[C@@H]2CCC[C@@]2(C(=O)O)C1. The standard InChI is InChI=1S/C16H23NO3/c18-14(9-12-5-2-1-3-6-12)17-10-13-7-4-8-16(13,11-17)15(19)20/h5,13H,1-4,6-11H2,(H,19,20)/t13-,16+/m0/s1. The Kier molecular flexibility index (Phi) is 3.57. The van der Waals surface area contributed by atoms with Gasteiger partial charge in [0.15, 0.2) is 0 Å². The second-order valence-corrected chi connectivity index (χ2v) is 6.61. The highest BCUT2D eigenvalue weighted by Gasteiger charge is 2.55. The Morgan fingerprint density at radius 1 is 1.35 bits per heavy atom. The highest BCUT2D eigenvalue weighted by atomic mass is 16.4. The third-order valence-corrected chi connectivity index (χ3v) is 5.41. The third kappa shape index (κ3) is 2.25. The monoisotopic (exact) mass is 277 g/mol. The van der Waals surface area contributed by atoms with E-state index in [1.54, 1.807) is 0 Å². The van der Waals surface area contributed by atoms with Crippen LogP contribution in [0.1, 0.15) is 51.4 Å². The van der Waals surface area contributed by atoms with Gasteiger partial charge in [0, 0.05) is 19.5 Å². The van der Waals surface area contributed by atoms with Crippen LogP contribution in [0.5, 0.6) is 0 Å². The molecule has 1 saturated heterocycles. The summed E-state index contributed by atoms with van der Waals surface area (Å²) >= 11 is 0. The topological polar surface area (TPSA) is 57.6 Å². The lowest BCUT2D eigenvalue weighted by Crippen LogP contribution is -2.37. The first kappa shape index (κ1) is 13.7. The summed E-state index contributed by atoms with van der Waals surface area (Å²) in [5.74, 6) is -0.398. The van der Waals surface area contributed by atoms with Gasteiger partial charge < -0.3 is 10.0 Å². The molecule has 1 aliphatic heterocycles. The fraction of sp³-hybridized carbons (Fsp3) is 0.750. The van der Waals surface area contributed by atoms with E-state index in [2.05, 4.69) is 6.08 Å². The van der Waals surface area contributed by atoms with Gasteiger partial charge in [0.05, 0.1) is 5.41 Å². The molecule has 0 aromatic rings. The van der Waals surface area contributed by atoms with Crippen LogP contribution >= 0.6 is 0 Å². The highest BCUT2D eigenvalue weighted by molar-refractivity contribution is 5.82. The van der Waals surface area contributed by atoms with Gasteiger partial charge in [0.1, 0.15) is 0 Å². The minimum atomic E-state index is -0.702. The number of allylic oxidation sites excluding steroid dienone is 1. The van der Waals surface area contributed by atoms with Crippen molar-refractivity contribution in [2.75, 3.05) is 13.1 Å². The van der Waals surface area contributed by atoms with Crippen LogP contribution in [0.15, 0.2) is 11.6 Å². The fourth-order valence-corrected chi connectivity index (χ4v) is 4.20. The number of carboxylic acids is 1. The van der Waals surface area contributed by atoms with Gasteiger partial charge in [-0.2, -0.15) is 0 Å². The summed E-state index contributed by atoms with van der Waals surface area (Å²) in [7, 11) is 0. The first-order chi connectivity index (χ1) is 9.62. The van der Waals surface area contributed by atoms with Crippen molar-refractivity contribution < 1.29 is 14.7 Å². The summed E-state index contributed by atoms with van der Waals surface area (Å²) < 4.78 is 0. The minimum absolute atomic E-state index is 0.133. The van der Waals surface area contributed by atoms with Crippen molar-refractivity contribution in [3.63, 3.8) is 0 Å². The van der Waals surface area contributed by atoms with Gasteiger partial charge in [-0.15, -0.1) is 0 Å². The van der Waals surface area contributed by atoms with Gasteiger partial charge in [-0.1, -0.05) is 18.1 Å². The Hall–Kier alpha value is -1.32. The molecule has 3 rings (SSSR count). The molecule has 2 atom stereocenters. The van der Waals surface area contributed by atoms with Crippen LogP contribution in [0.3, 0.4) is 0 Å². The van der Waals surface area contributed by atoms with Crippen LogP contribution < -0.4 is 0 Å². The van der Waals surface area contributed by atoms with Crippen LogP contribution in [-0.2, 0) is 9.59 Å². The number of hydrogen-bond acceptors (Lipinski definition) is 2. The zero-order chi connectivity index (χ0) is 14.2. The maximum Gasteiger partial charge on any atom is 0.311 e. The van der Waals surface area contributed by atoms with Crippen LogP contribution in [0.4, 0.5) is 0 Å². The average molecular weight is 277 g/mol. The summed E-state index contributed by atoms with van der Waals surface area (Å²) in [6.07, 6.45) is 9.92. The van der Waals surface area contributed by atoms with Crippen molar-refractivity contribution in [1.29, 1.82) is 0 Å². The lowest BCUT2D eigenvalue weighted by atomic mass is 9.81.